The van der Waals surface area contributed by atoms with Crippen LogP contribution >= 0.6 is 0 Å². The largest absolute Gasteiger partial charge is 0.462 e. The lowest BCUT2D eigenvalue weighted by Gasteiger charge is -2.17. The molecule has 0 spiro atoms. The first kappa shape index (κ1) is 17.4. The maximum Gasteiger partial charge on any atom is 0.306 e. The van der Waals surface area contributed by atoms with Crippen LogP contribution in [-0.2, 0) is 9.53 Å². The van der Waals surface area contributed by atoms with Gasteiger partial charge in [-0.25, -0.2) is 0 Å². The van der Waals surface area contributed by atoms with Crippen LogP contribution < -0.4 is 0 Å². The topological polar surface area (TPSA) is 29.5 Å². The standard InChI is InChI=1S/C15H31NO2/c1-5-7-11-14(10-6-2)18-15(17)12-8-9-13-16(3)4/h14H,5-13H2,1-4H3/t14-/m0/s1. The fourth-order valence-corrected chi connectivity index (χ4v) is 1.96. The summed E-state index contributed by atoms with van der Waals surface area (Å²) in [6.45, 7) is 5.36. The molecule has 0 bridgehead atoms. The van der Waals surface area contributed by atoms with Gasteiger partial charge in [0.1, 0.15) is 6.10 Å². The molecule has 0 saturated heterocycles. The van der Waals surface area contributed by atoms with Crippen LogP contribution in [0.5, 0.6) is 0 Å². The first-order valence-electron chi connectivity index (χ1n) is 7.44. The molecule has 0 radical (unpaired) electrons. The molecule has 0 heterocycles. The van der Waals surface area contributed by atoms with E-state index in [1.165, 1.54) is 6.42 Å². The van der Waals surface area contributed by atoms with Crippen molar-refractivity contribution in [2.45, 2.75) is 71.3 Å². The van der Waals surface area contributed by atoms with Gasteiger partial charge in [-0.05, 0) is 46.3 Å². The Hall–Kier alpha value is -0.570. The third-order valence-electron chi connectivity index (χ3n) is 3.02. The molecule has 0 aliphatic heterocycles. The van der Waals surface area contributed by atoms with Gasteiger partial charge in [0, 0.05) is 6.42 Å². The Bertz CT molecular complexity index is 205. The zero-order valence-corrected chi connectivity index (χ0v) is 12.7. The van der Waals surface area contributed by atoms with E-state index in [-0.39, 0.29) is 12.1 Å². The molecule has 1 atom stereocenters. The molecule has 0 amide bonds. The van der Waals surface area contributed by atoms with Crippen molar-refractivity contribution in [3.8, 4) is 0 Å². The number of unbranched alkanes of at least 4 members (excludes halogenated alkanes) is 2. The van der Waals surface area contributed by atoms with Gasteiger partial charge in [-0.15, -0.1) is 0 Å². The van der Waals surface area contributed by atoms with Crippen LogP contribution in [0.15, 0.2) is 0 Å². The molecule has 3 nitrogen and oxygen atoms in total. The molecule has 0 N–H and O–H groups in total. The molecular formula is C15H31NO2. The second-order valence-corrected chi connectivity index (χ2v) is 5.30. The minimum absolute atomic E-state index is 0.0108. The molecule has 18 heavy (non-hydrogen) atoms. The van der Waals surface area contributed by atoms with Crippen molar-refractivity contribution in [1.82, 2.24) is 4.90 Å². The molecule has 0 aliphatic rings. The molecule has 108 valence electrons. The van der Waals surface area contributed by atoms with E-state index in [0.717, 1.165) is 45.1 Å². The number of hydrogen-bond donors (Lipinski definition) is 0. The number of carbonyl (C=O) groups is 1. The first-order valence-corrected chi connectivity index (χ1v) is 7.44. The molecular weight excluding hydrogens is 226 g/mol. The third kappa shape index (κ3) is 10.6. The van der Waals surface area contributed by atoms with Crippen molar-refractivity contribution < 1.29 is 9.53 Å². The summed E-state index contributed by atoms with van der Waals surface area (Å²) in [4.78, 5) is 13.8. The van der Waals surface area contributed by atoms with Crippen molar-refractivity contribution in [2.24, 2.45) is 0 Å². The highest BCUT2D eigenvalue weighted by molar-refractivity contribution is 5.69. The van der Waals surface area contributed by atoms with Crippen molar-refractivity contribution in [2.75, 3.05) is 20.6 Å². The van der Waals surface area contributed by atoms with Crippen molar-refractivity contribution >= 4 is 5.97 Å². The van der Waals surface area contributed by atoms with Crippen LogP contribution in [-0.4, -0.2) is 37.6 Å². The number of ether oxygens (including phenoxy) is 1. The van der Waals surface area contributed by atoms with Gasteiger partial charge >= 0.3 is 5.97 Å². The predicted octanol–water partition coefficient (Wildman–Crippen LogP) is 3.62. The van der Waals surface area contributed by atoms with Gasteiger partial charge in [-0.1, -0.05) is 33.1 Å². The van der Waals surface area contributed by atoms with Gasteiger partial charge < -0.3 is 9.64 Å². The number of hydrogen-bond acceptors (Lipinski definition) is 3. The second kappa shape index (κ2) is 11.5. The van der Waals surface area contributed by atoms with Crippen molar-refractivity contribution in [1.29, 1.82) is 0 Å². The Balaban J connectivity index is 3.72. The Morgan fingerprint density at radius 1 is 1.06 bits per heavy atom. The van der Waals surface area contributed by atoms with Gasteiger partial charge in [-0.2, -0.15) is 0 Å². The fraction of sp³-hybridized carbons (Fsp3) is 0.933. The minimum Gasteiger partial charge on any atom is -0.462 e. The highest BCUT2D eigenvalue weighted by atomic mass is 16.5. The van der Waals surface area contributed by atoms with Crippen LogP contribution in [0.4, 0.5) is 0 Å². The van der Waals surface area contributed by atoms with E-state index in [0.29, 0.717) is 6.42 Å². The summed E-state index contributed by atoms with van der Waals surface area (Å²) in [5.74, 6) is -0.0108. The van der Waals surface area contributed by atoms with Crippen LogP contribution in [0, 0.1) is 0 Å². The molecule has 0 saturated carbocycles. The molecule has 0 aromatic rings. The molecule has 0 aliphatic carbocycles. The lowest BCUT2D eigenvalue weighted by atomic mass is 10.1. The summed E-state index contributed by atoms with van der Waals surface area (Å²) in [5.41, 5.74) is 0. The van der Waals surface area contributed by atoms with Crippen LogP contribution in [0.25, 0.3) is 0 Å². The van der Waals surface area contributed by atoms with E-state index in [1.54, 1.807) is 0 Å². The van der Waals surface area contributed by atoms with E-state index < -0.39 is 0 Å². The van der Waals surface area contributed by atoms with Crippen LogP contribution in [0.1, 0.15) is 65.2 Å². The quantitative estimate of drug-likeness (QED) is 0.418. The molecule has 0 aromatic heterocycles. The van der Waals surface area contributed by atoms with E-state index >= 15 is 0 Å². The van der Waals surface area contributed by atoms with Crippen LogP contribution in [0.3, 0.4) is 0 Å². The highest BCUT2D eigenvalue weighted by Crippen LogP contribution is 2.12. The van der Waals surface area contributed by atoms with Crippen molar-refractivity contribution in [3.63, 3.8) is 0 Å². The van der Waals surface area contributed by atoms with Gasteiger partial charge in [-0.3, -0.25) is 4.79 Å². The van der Waals surface area contributed by atoms with E-state index in [9.17, 15) is 4.79 Å². The molecule has 0 aromatic carbocycles. The number of carbonyl (C=O) groups excluding carboxylic acids is 1. The van der Waals surface area contributed by atoms with Gasteiger partial charge in [0.15, 0.2) is 0 Å². The zero-order valence-electron chi connectivity index (χ0n) is 12.7. The number of nitrogens with zero attached hydrogens (tertiary/aromatic N) is 1. The number of rotatable bonds is 11. The maximum atomic E-state index is 11.7. The minimum atomic E-state index is -0.0108. The summed E-state index contributed by atoms with van der Waals surface area (Å²) in [6, 6.07) is 0. The summed E-state index contributed by atoms with van der Waals surface area (Å²) in [6.07, 6.45) is 8.15. The molecule has 3 heteroatoms. The lowest BCUT2D eigenvalue weighted by Crippen LogP contribution is -2.18. The van der Waals surface area contributed by atoms with Gasteiger partial charge in [0.05, 0.1) is 0 Å². The highest BCUT2D eigenvalue weighted by Gasteiger charge is 2.12. The van der Waals surface area contributed by atoms with E-state index in [2.05, 4.69) is 32.8 Å². The summed E-state index contributed by atoms with van der Waals surface area (Å²) in [7, 11) is 4.11. The second-order valence-electron chi connectivity index (χ2n) is 5.30. The smallest absolute Gasteiger partial charge is 0.306 e. The molecule has 0 rings (SSSR count). The predicted molar refractivity (Wildman–Crippen MR) is 76.7 cm³/mol. The SMILES string of the molecule is CCCC[C@H](CCC)OC(=O)CCCCN(C)C. The monoisotopic (exact) mass is 257 g/mol. The molecule has 0 unspecified atom stereocenters. The van der Waals surface area contributed by atoms with Gasteiger partial charge in [0.2, 0.25) is 0 Å². The maximum absolute atomic E-state index is 11.7. The average molecular weight is 257 g/mol. The summed E-state index contributed by atoms with van der Waals surface area (Å²) in [5, 5.41) is 0. The Labute approximate surface area is 113 Å². The normalized spacial score (nSPS) is 12.7. The Morgan fingerprint density at radius 3 is 2.33 bits per heavy atom. The van der Waals surface area contributed by atoms with E-state index in [1.807, 2.05) is 0 Å². The average Bonchev–Trinajstić information content (AvgIpc) is 2.31. The first-order chi connectivity index (χ1) is 8.60. The fourth-order valence-electron chi connectivity index (χ4n) is 1.96. The Kier molecular flexibility index (Phi) is 11.2. The van der Waals surface area contributed by atoms with Crippen LogP contribution in [0.2, 0.25) is 0 Å². The lowest BCUT2D eigenvalue weighted by molar-refractivity contribution is -0.150. The summed E-state index contributed by atoms with van der Waals surface area (Å²) < 4.78 is 5.55. The van der Waals surface area contributed by atoms with E-state index in [4.69, 9.17) is 4.74 Å². The summed E-state index contributed by atoms with van der Waals surface area (Å²) >= 11 is 0. The number of esters is 1. The zero-order chi connectivity index (χ0) is 13.8. The Morgan fingerprint density at radius 2 is 1.78 bits per heavy atom. The van der Waals surface area contributed by atoms with Crippen molar-refractivity contribution in [3.05, 3.63) is 0 Å². The van der Waals surface area contributed by atoms with Gasteiger partial charge in [0.25, 0.3) is 0 Å². The third-order valence-corrected chi connectivity index (χ3v) is 3.02. The molecule has 0 fully saturated rings.